The van der Waals surface area contributed by atoms with Crippen molar-refractivity contribution < 1.29 is 5.11 Å². The smallest absolute Gasteiger partial charge is 0.0905 e. The first kappa shape index (κ1) is 8.99. The molecule has 0 radical (unpaired) electrons. The normalized spacial score (nSPS) is 26.4. The van der Waals surface area contributed by atoms with Gasteiger partial charge in [-0.1, -0.05) is 12.1 Å². The SMILES string of the molecule is NC1c2cccc(Br)c2NCC1O. The molecule has 13 heavy (non-hydrogen) atoms. The van der Waals surface area contributed by atoms with E-state index in [1.807, 2.05) is 18.2 Å². The van der Waals surface area contributed by atoms with E-state index in [4.69, 9.17) is 5.73 Å². The molecule has 1 heterocycles. The summed E-state index contributed by atoms with van der Waals surface area (Å²) < 4.78 is 0.993. The fourth-order valence-corrected chi connectivity index (χ4v) is 2.07. The standard InChI is InChI=1S/C9H11BrN2O/c10-6-3-1-2-5-8(11)7(13)4-12-9(5)6/h1-3,7-8,12-13H,4,11H2. The first-order valence-electron chi connectivity index (χ1n) is 4.16. The van der Waals surface area contributed by atoms with Crippen LogP contribution in [0.3, 0.4) is 0 Å². The van der Waals surface area contributed by atoms with Crippen molar-refractivity contribution in [3.05, 3.63) is 28.2 Å². The predicted octanol–water partition coefficient (Wildman–Crippen LogP) is 1.24. The maximum atomic E-state index is 9.51. The second-order valence-electron chi connectivity index (χ2n) is 3.18. The molecule has 70 valence electrons. The van der Waals surface area contributed by atoms with Gasteiger partial charge in [0, 0.05) is 11.0 Å². The molecule has 2 unspecified atom stereocenters. The number of rotatable bonds is 0. The molecule has 1 aromatic carbocycles. The Bertz CT molecular complexity index is 329. The van der Waals surface area contributed by atoms with Crippen molar-refractivity contribution in [1.29, 1.82) is 0 Å². The number of anilines is 1. The van der Waals surface area contributed by atoms with E-state index in [2.05, 4.69) is 21.2 Å². The van der Waals surface area contributed by atoms with Gasteiger partial charge in [-0.3, -0.25) is 0 Å². The number of nitrogens with one attached hydrogen (secondary N) is 1. The van der Waals surface area contributed by atoms with Crippen LogP contribution in [-0.2, 0) is 0 Å². The highest BCUT2D eigenvalue weighted by atomic mass is 79.9. The predicted molar refractivity (Wildman–Crippen MR) is 55.6 cm³/mol. The van der Waals surface area contributed by atoms with Crippen molar-refractivity contribution in [2.24, 2.45) is 5.73 Å². The van der Waals surface area contributed by atoms with Crippen LogP contribution in [0.5, 0.6) is 0 Å². The van der Waals surface area contributed by atoms with Crippen LogP contribution in [0.2, 0.25) is 0 Å². The van der Waals surface area contributed by atoms with Crippen LogP contribution in [0.1, 0.15) is 11.6 Å². The third kappa shape index (κ3) is 1.45. The molecule has 0 saturated heterocycles. The van der Waals surface area contributed by atoms with E-state index < -0.39 is 6.10 Å². The molecule has 0 bridgehead atoms. The van der Waals surface area contributed by atoms with Crippen molar-refractivity contribution >= 4 is 21.6 Å². The number of halogens is 1. The molecule has 0 aliphatic carbocycles. The van der Waals surface area contributed by atoms with Gasteiger partial charge in [0.15, 0.2) is 0 Å². The van der Waals surface area contributed by atoms with Gasteiger partial charge in [-0.2, -0.15) is 0 Å². The molecule has 2 atom stereocenters. The molecule has 4 heteroatoms. The summed E-state index contributed by atoms with van der Waals surface area (Å²) in [5.74, 6) is 0. The van der Waals surface area contributed by atoms with Crippen LogP contribution in [0.4, 0.5) is 5.69 Å². The molecule has 1 aliphatic rings. The monoisotopic (exact) mass is 242 g/mol. The zero-order valence-corrected chi connectivity index (χ0v) is 8.58. The summed E-state index contributed by atoms with van der Waals surface area (Å²) in [6.45, 7) is 0.511. The van der Waals surface area contributed by atoms with E-state index in [0.717, 1.165) is 15.7 Å². The summed E-state index contributed by atoms with van der Waals surface area (Å²) in [6, 6.07) is 5.52. The van der Waals surface area contributed by atoms with Gasteiger partial charge in [0.05, 0.1) is 17.8 Å². The fourth-order valence-electron chi connectivity index (χ4n) is 1.55. The lowest BCUT2D eigenvalue weighted by Crippen LogP contribution is -2.37. The molecule has 0 saturated carbocycles. The van der Waals surface area contributed by atoms with Crippen molar-refractivity contribution in [3.8, 4) is 0 Å². The van der Waals surface area contributed by atoms with E-state index in [-0.39, 0.29) is 6.04 Å². The molecule has 3 nitrogen and oxygen atoms in total. The highest BCUT2D eigenvalue weighted by molar-refractivity contribution is 9.10. The summed E-state index contributed by atoms with van der Waals surface area (Å²) in [4.78, 5) is 0. The van der Waals surface area contributed by atoms with Crippen LogP contribution >= 0.6 is 15.9 Å². The summed E-state index contributed by atoms with van der Waals surface area (Å²) >= 11 is 3.43. The number of aliphatic hydroxyl groups is 1. The van der Waals surface area contributed by atoms with Crippen molar-refractivity contribution in [2.75, 3.05) is 11.9 Å². The minimum Gasteiger partial charge on any atom is -0.389 e. The zero-order valence-electron chi connectivity index (χ0n) is 7.00. The van der Waals surface area contributed by atoms with Crippen LogP contribution in [0, 0.1) is 0 Å². The second-order valence-corrected chi connectivity index (χ2v) is 4.03. The maximum Gasteiger partial charge on any atom is 0.0905 e. The maximum absolute atomic E-state index is 9.51. The lowest BCUT2D eigenvalue weighted by molar-refractivity contribution is 0.153. The van der Waals surface area contributed by atoms with Gasteiger partial charge in [0.25, 0.3) is 0 Å². The number of hydrogen-bond acceptors (Lipinski definition) is 3. The number of β-amino-alcohol motifs (C(OH)–C–C–N with tert-alkyl or cyclic N) is 1. The lowest BCUT2D eigenvalue weighted by Gasteiger charge is -2.29. The van der Waals surface area contributed by atoms with Crippen molar-refractivity contribution in [2.45, 2.75) is 12.1 Å². The van der Waals surface area contributed by atoms with Gasteiger partial charge in [-0.15, -0.1) is 0 Å². The summed E-state index contributed by atoms with van der Waals surface area (Å²) in [6.07, 6.45) is -0.498. The molecule has 1 aliphatic heterocycles. The first-order chi connectivity index (χ1) is 6.20. The van der Waals surface area contributed by atoms with E-state index in [1.54, 1.807) is 0 Å². The number of benzene rings is 1. The zero-order chi connectivity index (χ0) is 9.42. The topological polar surface area (TPSA) is 58.3 Å². The number of aliphatic hydroxyl groups excluding tert-OH is 1. The molecular weight excluding hydrogens is 232 g/mol. The molecule has 0 aromatic heterocycles. The lowest BCUT2D eigenvalue weighted by atomic mass is 9.97. The molecule has 0 spiro atoms. The Hall–Kier alpha value is -0.580. The van der Waals surface area contributed by atoms with Gasteiger partial charge >= 0.3 is 0 Å². The van der Waals surface area contributed by atoms with Gasteiger partial charge < -0.3 is 16.2 Å². The van der Waals surface area contributed by atoms with E-state index in [1.165, 1.54) is 0 Å². The molecule has 0 amide bonds. The highest BCUT2D eigenvalue weighted by Crippen LogP contribution is 2.34. The van der Waals surface area contributed by atoms with Gasteiger partial charge in [-0.05, 0) is 27.6 Å². The Morgan fingerprint density at radius 2 is 2.31 bits per heavy atom. The highest BCUT2D eigenvalue weighted by Gasteiger charge is 2.25. The quantitative estimate of drug-likeness (QED) is 0.642. The number of nitrogens with two attached hydrogens (primary N) is 1. The van der Waals surface area contributed by atoms with Crippen LogP contribution in [0.15, 0.2) is 22.7 Å². The van der Waals surface area contributed by atoms with Gasteiger partial charge in [0.2, 0.25) is 0 Å². The number of fused-ring (bicyclic) bond motifs is 1. The Morgan fingerprint density at radius 3 is 3.08 bits per heavy atom. The summed E-state index contributed by atoms with van der Waals surface area (Å²) in [5, 5.41) is 12.6. The largest absolute Gasteiger partial charge is 0.389 e. The average molecular weight is 243 g/mol. The third-order valence-electron chi connectivity index (χ3n) is 2.31. The van der Waals surface area contributed by atoms with Crippen LogP contribution in [0.25, 0.3) is 0 Å². The van der Waals surface area contributed by atoms with E-state index >= 15 is 0 Å². The average Bonchev–Trinajstić information content (AvgIpc) is 2.12. The molecule has 2 rings (SSSR count). The third-order valence-corrected chi connectivity index (χ3v) is 2.97. The molecular formula is C9H11BrN2O. The summed E-state index contributed by atoms with van der Waals surface area (Å²) in [7, 11) is 0. The van der Waals surface area contributed by atoms with Crippen molar-refractivity contribution in [1.82, 2.24) is 0 Å². The Balaban J connectivity index is 2.49. The Morgan fingerprint density at radius 1 is 1.54 bits per heavy atom. The van der Waals surface area contributed by atoms with Crippen LogP contribution in [-0.4, -0.2) is 17.8 Å². The van der Waals surface area contributed by atoms with E-state index in [0.29, 0.717) is 6.54 Å². The second kappa shape index (κ2) is 3.29. The molecule has 0 fully saturated rings. The van der Waals surface area contributed by atoms with Crippen molar-refractivity contribution in [3.63, 3.8) is 0 Å². The van der Waals surface area contributed by atoms with Gasteiger partial charge in [0.1, 0.15) is 0 Å². The summed E-state index contributed by atoms with van der Waals surface area (Å²) in [5.41, 5.74) is 7.81. The molecule has 1 aromatic rings. The minimum absolute atomic E-state index is 0.284. The Labute approximate surface area is 85.1 Å². The fraction of sp³-hybridized carbons (Fsp3) is 0.333. The minimum atomic E-state index is -0.498. The first-order valence-corrected chi connectivity index (χ1v) is 4.95. The Kier molecular flexibility index (Phi) is 2.27. The number of para-hydroxylation sites is 1. The number of hydrogen-bond donors (Lipinski definition) is 3. The van der Waals surface area contributed by atoms with Crippen LogP contribution < -0.4 is 11.1 Å². The molecule has 4 N–H and O–H groups in total. The van der Waals surface area contributed by atoms with E-state index in [9.17, 15) is 5.11 Å². The van der Waals surface area contributed by atoms with Gasteiger partial charge in [-0.25, -0.2) is 0 Å².